The van der Waals surface area contributed by atoms with Crippen LogP contribution in [0.15, 0.2) is 35.3 Å². The molecule has 1 aliphatic rings. The smallest absolute Gasteiger partial charge is 0.263 e. The minimum atomic E-state index is -0.575. The number of aliphatic hydroxyl groups is 1. The van der Waals surface area contributed by atoms with Crippen LogP contribution in [0.4, 0.5) is 5.95 Å². The molecule has 1 aromatic carbocycles. The van der Waals surface area contributed by atoms with E-state index in [9.17, 15) is 9.90 Å². The van der Waals surface area contributed by atoms with Gasteiger partial charge in [0, 0.05) is 26.2 Å². The molecule has 4 rings (SSSR count). The van der Waals surface area contributed by atoms with E-state index in [1.54, 1.807) is 10.9 Å². The molecule has 0 spiro atoms. The third-order valence-corrected chi connectivity index (χ3v) is 5.26. The Labute approximate surface area is 169 Å². The van der Waals surface area contributed by atoms with Gasteiger partial charge in [0.05, 0.1) is 17.8 Å². The van der Waals surface area contributed by atoms with Crippen LogP contribution < -0.4 is 10.9 Å². The van der Waals surface area contributed by atoms with Gasteiger partial charge in [-0.3, -0.25) is 14.7 Å². The summed E-state index contributed by atoms with van der Waals surface area (Å²) in [5.74, 6) is 0.344. The van der Waals surface area contributed by atoms with Gasteiger partial charge >= 0.3 is 0 Å². The van der Waals surface area contributed by atoms with Crippen molar-refractivity contribution in [3.8, 4) is 0 Å². The Balaban J connectivity index is 1.41. The molecule has 0 saturated heterocycles. The highest BCUT2D eigenvalue weighted by Crippen LogP contribution is 2.20. The Hall–Kier alpha value is -2.71. The number of benzene rings is 1. The van der Waals surface area contributed by atoms with Crippen LogP contribution in [0.25, 0.3) is 11.0 Å². The summed E-state index contributed by atoms with van der Waals surface area (Å²) in [4.78, 5) is 21.9. The topological polar surface area (TPSA) is 99.1 Å². The molecule has 0 fully saturated rings. The molecule has 3 heterocycles. The predicted molar refractivity (Wildman–Crippen MR) is 113 cm³/mol. The van der Waals surface area contributed by atoms with Crippen LogP contribution in [-0.2, 0) is 18.5 Å². The summed E-state index contributed by atoms with van der Waals surface area (Å²) < 4.78 is 1.74. The van der Waals surface area contributed by atoms with E-state index in [0.29, 0.717) is 30.1 Å². The Kier molecular flexibility index (Phi) is 5.14. The van der Waals surface area contributed by atoms with Crippen LogP contribution in [0.3, 0.4) is 0 Å². The van der Waals surface area contributed by atoms with Crippen molar-refractivity contribution in [3.63, 3.8) is 0 Å². The molecule has 1 atom stereocenters. The zero-order chi connectivity index (χ0) is 20.6. The van der Waals surface area contributed by atoms with Crippen molar-refractivity contribution in [1.82, 2.24) is 24.6 Å². The van der Waals surface area contributed by atoms with Gasteiger partial charge in [0.1, 0.15) is 5.39 Å². The molecular formula is C21H28N6O2. The van der Waals surface area contributed by atoms with Crippen molar-refractivity contribution in [1.29, 1.82) is 0 Å². The summed E-state index contributed by atoms with van der Waals surface area (Å²) in [5, 5.41) is 18.3. The Bertz CT molecular complexity index is 1060. The summed E-state index contributed by atoms with van der Waals surface area (Å²) in [5.41, 5.74) is 2.72. The number of aromatic amines is 1. The number of anilines is 1. The minimum absolute atomic E-state index is 0.241. The molecule has 29 heavy (non-hydrogen) atoms. The van der Waals surface area contributed by atoms with Gasteiger partial charge in [-0.05, 0) is 38.3 Å². The van der Waals surface area contributed by atoms with Crippen LogP contribution >= 0.6 is 0 Å². The van der Waals surface area contributed by atoms with Gasteiger partial charge in [0.15, 0.2) is 5.65 Å². The number of hydrogen-bond donors (Lipinski definition) is 3. The molecule has 3 N–H and O–H groups in total. The number of nitrogens with zero attached hydrogens (tertiary/aromatic N) is 4. The van der Waals surface area contributed by atoms with Crippen molar-refractivity contribution in [2.45, 2.75) is 45.4 Å². The fraction of sp³-hybridized carbons (Fsp3) is 0.476. The molecule has 0 aliphatic carbocycles. The maximum absolute atomic E-state index is 12.4. The fourth-order valence-electron chi connectivity index (χ4n) is 3.78. The van der Waals surface area contributed by atoms with Gasteiger partial charge in [0.2, 0.25) is 5.95 Å². The SMILES string of the molecule is CC(C)(C)n1ncc2c(=O)[nH]c(NCC(O)CN3CCc4ccccc4C3)nc21. The van der Waals surface area contributed by atoms with Crippen molar-refractivity contribution >= 4 is 17.0 Å². The lowest BCUT2D eigenvalue weighted by Gasteiger charge is -2.30. The third-order valence-electron chi connectivity index (χ3n) is 5.26. The first-order valence-electron chi connectivity index (χ1n) is 10.0. The minimum Gasteiger partial charge on any atom is -0.390 e. The number of H-pyrrole nitrogens is 1. The Morgan fingerprint density at radius 3 is 2.79 bits per heavy atom. The van der Waals surface area contributed by atoms with E-state index in [1.165, 1.54) is 11.1 Å². The average molecular weight is 396 g/mol. The second-order valence-electron chi connectivity index (χ2n) is 8.67. The third kappa shape index (κ3) is 4.18. The second kappa shape index (κ2) is 7.61. The first-order chi connectivity index (χ1) is 13.8. The monoisotopic (exact) mass is 396 g/mol. The summed E-state index contributed by atoms with van der Waals surface area (Å²) in [6.45, 7) is 8.67. The molecule has 3 aromatic rings. The zero-order valence-electron chi connectivity index (χ0n) is 17.1. The van der Waals surface area contributed by atoms with Crippen molar-refractivity contribution in [2.75, 3.05) is 25.0 Å². The number of fused-ring (bicyclic) bond motifs is 2. The van der Waals surface area contributed by atoms with Crippen LogP contribution in [0, 0.1) is 0 Å². The summed E-state index contributed by atoms with van der Waals surface area (Å²) in [6, 6.07) is 8.45. The quantitative estimate of drug-likeness (QED) is 0.607. The molecule has 1 aliphatic heterocycles. The molecular weight excluding hydrogens is 368 g/mol. The number of nitrogens with one attached hydrogen (secondary N) is 2. The highest BCUT2D eigenvalue weighted by molar-refractivity contribution is 5.74. The van der Waals surface area contributed by atoms with Crippen molar-refractivity contribution < 1.29 is 5.11 Å². The average Bonchev–Trinajstić information content (AvgIpc) is 3.11. The molecule has 154 valence electrons. The summed E-state index contributed by atoms with van der Waals surface area (Å²) in [7, 11) is 0. The molecule has 0 saturated carbocycles. The van der Waals surface area contributed by atoms with E-state index in [1.807, 2.05) is 20.8 Å². The number of aliphatic hydroxyl groups excluding tert-OH is 1. The summed E-state index contributed by atoms with van der Waals surface area (Å²) in [6.07, 6.45) is 1.96. The van der Waals surface area contributed by atoms with Gasteiger partial charge in [-0.2, -0.15) is 10.1 Å². The van der Waals surface area contributed by atoms with E-state index in [0.717, 1.165) is 19.5 Å². The highest BCUT2D eigenvalue weighted by atomic mass is 16.3. The molecule has 0 amide bonds. The first-order valence-corrected chi connectivity index (χ1v) is 10.0. The number of β-amino-alcohol motifs (C(OH)–C–C–N with tert-alkyl or cyclic N) is 1. The Morgan fingerprint density at radius 1 is 1.28 bits per heavy atom. The highest BCUT2D eigenvalue weighted by Gasteiger charge is 2.21. The first kappa shape index (κ1) is 19.6. The summed E-state index contributed by atoms with van der Waals surface area (Å²) >= 11 is 0. The fourth-order valence-corrected chi connectivity index (χ4v) is 3.78. The van der Waals surface area contributed by atoms with Gasteiger partial charge in [-0.15, -0.1) is 0 Å². The van der Waals surface area contributed by atoms with E-state index < -0.39 is 6.10 Å². The zero-order valence-corrected chi connectivity index (χ0v) is 17.1. The van der Waals surface area contributed by atoms with Crippen LogP contribution in [0.1, 0.15) is 31.9 Å². The number of hydrogen-bond acceptors (Lipinski definition) is 6. The Morgan fingerprint density at radius 2 is 2.03 bits per heavy atom. The standard InChI is InChI=1S/C21H28N6O2/c1-21(2,3)27-18-17(11-23-27)19(29)25-20(24-18)22-10-16(28)13-26-9-8-14-6-4-5-7-15(14)12-26/h4-7,11,16,28H,8-10,12-13H2,1-3H3,(H2,22,24,25,29). The predicted octanol–water partition coefficient (Wildman–Crippen LogP) is 1.71. The second-order valence-corrected chi connectivity index (χ2v) is 8.67. The molecule has 8 heteroatoms. The maximum atomic E-state index is 12.4. The van der Waals surface area contributed by atoms with E-state index >= 15 is 0 Å². The molecule has 2 aromatic heterocycles. The van der Waals surface area contributed by atoms with E-state index in [4.69, 9.17) is 0 Å². The van der Waals surface area contributed by atoms with Gasteiger partial charge in [-0.1, -0.05) is 24.3 Å². The maximum Gasteiger partial charge on any atom is 0.263 e. The van der Waals surface area contributed by atoms with E-state index in [-0.39, 0.29) is 11.1 Å². The normalized spacial score (nSPS) is 16.0. The number of aromatic nitrogens is 4. The van der Waals surface area contributed by atoms with Gasteiger partial charge in [-0.25, -0.2) is 4.68 Å². The molecule has 0 radical (unpaired) electrons. The van der Waals surface area contributed by atoms with Crippen LogP contribution in [-0.4, -0.2) is 55.5 Å². The molecule has 0 bridgehead atoms. The van der Waals surface area contributed by atoms with E-state index in [2.05, 4.69) is 49.5 Å². The van der Waals surface area contributed by atoms with Crippen molar-refractivity contribution in [3.05, 3.63) is 51.9 Å². The lowest BCUT2D eigenvalue weighted by atomic mass is 10.00. The lowest BCUT2D eigenvalue weighted by molar-refractivity contribution is 0.114. The van der Waals surface area contributed by atoms with Crippen molar-refractivity contribution in [2.24, 2.45) is 0 Å². The number of rotatable bonds is 5. The van der Waals surface area contributed by atoms with Gasteiger partial charge in [0.25, 0.3) is 5.56 Å². The molecule has 1 unspecified atom stereocenters. The van der Waals surface area contributed by atoms with Crippen LogP contribution in [0.2, 0.25) is 0 Å². The lowest BCUT2D eigenvalue weighted by Crippen LogP contribution is -2.39. The largest absolute Gasteiger partial charge is 0.390 e. The van der Waals surface area contributed by atoms with Gasteiger partial charge < -0.3 is 10.4 Å². The molecule has 8 nitrogen and oxygen atoms in total. The van der Waals surface area contributed by atoms with Crippen LogP contribution in [0.5, 0.6) is 0 Å².